The Kier molecular flexibility index (Phi) is 8.63. The van der Waals surface area contributed by atoms with Crippen LogP contribution in [-0.2, 0) is 9.59 Å². The average molecular weight is 463 g/mol. The highest BCUT2D eigenvalue weighted by Crippen LogP contribution is 2.15. The summed E-state index contributed by atoms with van der Waals surface area (Å²) >= 11 is 3.28. The third-order valence-electron chi connectivity index (χ3n) is 3.99. The summed E-state index contributed by atoms with van der Waals surface area (Å²) in [6.07, 6.45) is 0. The summed E-state index contributed by atoms with van der Waals surface area (Å²) in [5, 5.41) is 2.77. The van der Waals surface area contributed by atoms with E-state index >= 15 is 0 Å². The zero-order valence-corrected chi connectivity index (χ0v) is 17.8. The van der Waals surface area contributed by atoms with Gasteiger partial charge in [0.05, 0.1) is 25.8 Å². The van der Waals surface area contributed by atoms with Crippen LogP contribution in [0.5, 0.6) is 5.75 Å². The Morgan fingerprint density at radius 1 is 0.966 bits per heavy atom. The van der Waals surface area contributed by atoms with Crippen LogP contribution in [0.25, 0.3) is 0 Å². The van der Waals surface area contributed by atoms with Crippen molar-refractivity contribution >= 4 is 39.3 Å². The molecule has 0 bridgehead atoms. The van der Waals surface area contributed by atoms with Crippen LogP contribution < -0.4 is 20.9 Å². The van der Waals surface area contributed by atoms with Crippen LogP contribution in [0.1, 0.15) is 17.3 Å². The van der Waals surface area contributed by atoms with Gasteiger partial charge in [-0.1, -0.05) is 19.1 Å². The molecule has 0 radical (unpaired) electrons. The van der Waals surface area contributed by atoms with Gasteiger partial charge in [-0.3, -0.25) is 30.1 Å². The SMILES string of the molecule is CCN(CC(=O)NNC(=O)c1ccccc1Br)CC(=O)Nc1ccc(OC)cc1. The Labute approximate surface area is 177 Å². The highest BCUT2D eigenvalue weighted by molar-refractivity contribution is 9.10. The van der Waals surface area contributed by atoms with Gasteiger partial charge in [-0.2, -0.15) is 0 Å². The van der Waals surface area contributed by atoms with Gasteiger partial charge in [0.25, 0.3) is 11.8 Å². The van der Waals surface area contributed by atoms with Gasteiger partial charge >= 0.3 is 0 Å². The standard InChI is InChI=1S/C20H23BrN4O4/c1-3-25(12-18(26)22-14-8-10-15(29-2)11-9-14)13-19(27)23-24-20(28)16-6-4-5-7-17(16)21/h4-11H,3,12-13H2,1-2H3,(H,22,26)(H,23,27)(H,24,28). The topological polar surface area (TPSA) is 99.8 Å². The fraction of sp³-hybridized carbons (Fsp3) is 0.250. The van der Waals surface area contributed by atoms with Gasteiger partial charge in [-0.25, -0.2) is 0 Å². The molecule has 2 aromatic rings. The zero-order chi connectivity index (χ0) is 21.2. The maximum Gasteiger partial charge on any atom is 0.270 e. The number of halogens is 1. The van der Waals surface area contributed by atoms with Crippen LogP contribution in [0.4, 0.5) is 5.69 Å². The molecule has 9 heteroatoms. The van der Waals surface area contributed by atoms with Crippen molar-refractivity contribution < 1.29 is 19.1 Å². The summed E-state index contributed by atoms with van der Waals surface area (Å²) in [5.41, 5.74) is 5.77. The van der Waals surface area contributed by atoms with E-state index in [0.717, 1.165) is 0 Å². The maximum atomic E-state index is 12.2. The fourth-order valence-electron chi connectivity index (χ4n) is 2.44. The first-order valence-electron chi connectivity index (χ1n) is 8.93. The number of amides is 3. The number of rotatable bonds is 8. The van der Waals surface area contributed by atoms with Gasteiger partial charge in [0, 0.05) is 10.2 Å². The van der Waals surface area contributed by atoms with E-state index in [1.807, 2.05) is 6.92 Å². The summed E-state index contributed by atoms with van der Waals surface area (Å²) in [6, 6.07) is 13.8. The molecule has 0 aromatic heterocycles. The van der Waals surface area contributed by atoms with Crippen molar-refractivity contribution in [3.8, 4) is 5.75 Å². The van der Waals surface area contributed by atoms with Gasteiger partial charge in [0.1, 0.15) is 5.75 Å². The number of nitrogens with one attached hydrogen (secondary N) is 3. The molecular formula is C20H23BrN4O4. The van der Waals surface area contributed by atoms with E-state index in [4.69, 9.17) is 4.74 Å². The number of hydrazine groups is 1. The number of methoxy groups -OCH3 is 1. The predicted molar refractivity (Wildman–Crippen MR) is 113 cm³/mol. The molecule has 2 rings (SSSR count). The summed E-state index contributed by atoms with van der Waals surface area (Å²) in [4.78, 5) is 38.1. The number of anilines is 1. The Hall–Kier alpha value is -2.91. The molecule has 8 nitrogen and oxygen atoms in total. The zero-order valence-electron chi connectivity index (χ0n) is 16.2. The van der Waals surface area contributed by atoms with Crippen LogP contribution in [0.15, 0.2) is 53.0 Å². The van der Waals surface area contributed by atoms with Crippen molar-refractivity contribution in [2.24, 2.45) is 0 Å². The lowest BCUT2D eigenvalue weighted by Gasteiger charge is -2.19. The Morgan fingerprint density at radius 3 is 2.24 bits per heavy atom. The van der Waals surface area contributed by atoms with Crippen molar-refractivity contribution in [2.45, 2.75) is 6.92 Å². The summed E-state index contributed by atoms with van der Waals surface area (Å²) in [5.74, 6) is -0.419. The molecule has 0 unspecified atom stereocenters. The lowest BCUT2D eigenvalue weighted by Crippen LogP contribution is -2.47. The van der Waals surface area contributed by atoms with Crippen LogP contribution in [0.3, 0.4) is 0 Å². The monoisotopic (exact) mass is 462 g/mol. The van der Waals surface area contributed by atoms with Crippen molar-refractivity contribution in [3.63, 3.8) is 0 Å². The summed E-state index contributed by atoms with van der Waals surface area (Å²) < 4.78 is 5.70. The third kappa shape index (κ3) is 7.20. The van der Waals surface area contributed by atoms with Crippen molar-refractivity contribution in [2.75, 3.05) is 32.1 Å². The largest absolute Gasteiger partial charge is 0.497 e. The number of likely N-dealkylation sites (N-methyl/N-ethyl adjacent to an activating group) is 1. The minimum atomic E-state index is -0.439. The molecule has 3 N–H and O–H groups in total. The first-order chi connectivity index (χ1) is 13.9. The van der Waals surface area contributed by atoms with E-state index in [1.54, 1.807) is 60.5 Å². The van der Waals surface area contributed by atoms with Gasteiger partial charge in [0.2, 0.25) is 5.91 Å². The smallest absolute Gasteiger partial charge is 0.270 e. The van der Waals surface area contributed by atoms with Crippen molar-refractivity contribution in [3.05, 3.63) is 58.6 Å². The van der Waals surface area contributed by atoms with Crippen LogP contribution >= 0.6 is 15.9 Å². The number of hydrogen-bond donors (Lipinski definition) is 3. The van der Waals surface area contributed by atoms with Gasteiger partial charge in [0.15, 0.2) is 0 Å². The van der Waals surface area contributed by atoms with Crippen LogP contribution in [0.2, 0.25) is 0 Å². The van der Waals surface area contributed by atoms with Crippen molar-refractivity contribution in [1.29, 1.82) is 0 Å². The molecule has 3 amide bonds. The molecule has 0 aliphatic carbocycles. The summed E-state index contributed by atoms with van der Waals surface area (Å²) in [6.45, 7) is 2.33. The molecule has 154 valence electrons. The molecule has 0 saturated heterocycles. The Balaban J connectivity index is 1.80. The third-order valence-corrected chi connectivity index (χ3v) is 4.68. The van der Waals surface area contributed by atoms with Gasteiger partial charge in [-0.15, -0.1) is 0 Å². The number of nitrogens with zero attached hydrogens (tertiary/aromatic N) is 1. The quantitative estimate of drug-likeness (QED) is 0.522. The Bertz CT molecular complexity index is 858. The molecule has 0 atom stereocenters. The number of hydrogen-bond acceptors (Lipinski definition) is 5. The minimum absolute atomic E-state index is 0.0358. The molecule has 0 aliphatic heterocycles. The van der Waals surface area contributed by atoms with E-state index in [9.17, 15) is 14.4 Å². The lowest BCUT2D eigenvalue weighted by atomic mass is 10.2. The molecule has 0 saturated carbocycles. The molecule has 0 aliphatic rings. The van der Waals surface area contributed by atoms with Crippen molar-refractivity contribution in [1.82, 2.24) is 15.8 Å². The highest BCUT2D eigenvalue weighted by atomic mass is 79.9. The maximum absolute atomic E-state index is 12.2. The minimum Gasteiger partial charge on any atom is -0.497 e. The van der Waals surface area contributed by atoms with Gasteiger partial charge in [-0.05, 0) is 58.9 Å². The molecule has 0 heterocycles. The average Bonchev–Trinajstić information content (AvgIpc) is 2.72. The highest BCUT2D eigenvalue weighted by Gasteiger charge is 2.15. The number of ether oxygens (including phenoxy) is 1. The number of carbonyl (C=O) groups is 3. The Morgan fingerprint density at radius 2 is 1.62 bits per heavy atom. The molecule has 29 heavy (non-hydrogen) atoms. The number of benzene rings is 2. The van der Waals surface area contributed by atoms with E-state index < -0.39 is 11.8 Å². The van der Waals surface area contributed by atoms with E-state index in [2.05, 4.69) is 32.1 Å². The van der Waals surface area contributed by atoms with E-state index in [1.165, 1.54) is 0 Å². The normalized spacial score (nSPS) is 10.3. The predicted octanol–water partition coefficient (Wildman–Crippen LogP) is 2.18. The van der Waals surface area contributed by atoms with E-state index in [-0.39, 0.29) is 19.0 Å². The number of carbonyl (C=O) groups excluding carboxylic acids is 3. The fourth-order valence-corrected chi connectivity index (χ4v) is 2.90. The molecule has 0 spiro atoms. The van der Waals surface area contributed by atoms with Crippen LogP contribution in [-0.4, -0.2) is 49.4 Å². The molecule has 2 aromatic carbocycles. The second kappa shape index (κ2) is 11.2. The van der Waals surface area contributed by atoms with Gasteiger partial charge < -0.3 is 10.1 Å². The van der Waals surface area contributed by atoms with Crippen LogP contribution in [0, 0.1) is 0 Å². The first kappa shape index (κ1) is 22.4. The lowest BCUT2D eigenvalue weighted by molar-refractivity contribution is -0.124. The summed E-state index contributed by atoms with van der Waals surface area (Å²) in [7, 11) is 1.57. The molecular weight excluding hydrogens is 440 g/mol. The van der Waals surface area contributed by atoms with E-state index in [0.29, 0.717) is 28.0 Å². The molecule has 0 fully saturated rings. The second-order valence-corrected chi connectivity index (χ2v) is 6.92. The second-order valence-electron chi connectivity index (χ2n) is 6.06. The first-order valence-corrected chi connectivity index (χ1v) is 9.72.